The molecule has 7 nitrogen and oxygen atoms in total. The van der Waals surface area contributed by atoms with Crippen LogP contribution in [0.25, 0.3) is 0 Å². The molecule has 0 bridgehead atoms. The number of carbonyl (C=O) groups excluding carboxylic acids is 2. The van der Waals surface area contributed by atoms with Gasteiger partial charge in [-0.25, -0.2) is 8.42 Å². The standard InChI is InChI=1S/C31H39N3O4S/c1-7-24(4)32-31(36)26(6)33(20-27-15-11-13-22(2)19-27)30(35)21-34(29-18-12-14-23(3)25(29)5)39(37,38)28-16-9-8-10-17-28/h8-19,24,26H,7,20-21H2,1-6H3,(H,32,36)/t24-,26+/m1/s1. The zero-order chi connectivity index (χ0) is 28.7. The van der Waals surface area contributed by atoms with Gasteiger partial charge in [0, 0.05) is 12.6 Å². The number of nitrogens with zero attached hydrogens (tertiary/aromatic N) is 2. The maximum Gasteiger partial charge on any atom is 0.264 e. The molecule has 1 N–H and O–H groups in total. The summed E-state index contributed by atoms with van der Waals surface area (Å²) >= 11 is 0. The molecule has 0 fully saturated rings. The van der Waals surface area contributed by atoms with Crippen LogP contribution in [0.15, 0.2) is 77.7 Å². The SMILES string of the molecule is CC[C@@H](C)NC(=O)[C@H](C)N(Cc1cccc(C)c1)C(=O)CN(c1cccc(C)c1C)S(=O)(=O)c1ccccc1. The fourth-order valence-electron chi connectivity index (χ4n) is 4.29. The van der Waals surface area contributed by atoms with Crippen molar-refractivity contribution in [2.45, 2.75) is 71.5 Å². The minimum Gasteiger partial charge on any atom is -0.352 e. The molecule has 0 aromatic heterocycles. The Morgan fingerprint density at radius 2 is 1.56 bits per heavy atom. The third-order valence-corrected chi connectivity index (χ3v) is 8.83. The van der Waals surface area contributed by atoms with Gasteiger partial charge in [-0.05, 0) is 75.9 Å². The summed E-state index contributed by atoms with van der Waals surface area (Å²) < 4.78 is 29.0. The quantitative estimate of drug-likeness (QED) is 0.359. The average Bonchev–Trinajstić information content (AvgIpc) is 2.92. The van der Waals surface area contributed by atoms with Gasteiger partial charge in [0.05, 0.1) is 10.6 Å². The zero-order valence-electron chi connectivity index (χ0n) is 23.6. The Kier molecular flexibility index (Phi) is 9.92. The van der Waals surface area contributed by atoms with E-state index in [0.717, 1.165) is 33.0 Å². The highest BCUT2D eigenvalue weighted by atomic mass is 32.2. The molecule has 0 spiro atoms. The van der Waals surface area contributed by atoms with E-state index < -0.39 is 28.5 Å². The monoisotopic (exact) mass is 549 g/mol. The number of hydrogen-bond donors (Lipinski definition) is 1. The summed E-state index contributed by atoms with van der Waals surface area (Å²) in [6.45, 7) is 11.0. The Hall–Kier alpha value is -3.65. The number of nitrogens with one attached hydrogen (secondary N) is 1. The third-order valence-electron chi connectivity index (χ3n) is 7.06. The van der Waals surface area contributed by atoms with Crippen LogP contribution in [-0.2, 0) is 26.2 Å². The van der Waals surface area contributed by atoms with Crippen LogP contribution in [0, 0.1) is 20.8 Å². The molecule has 0 unspecified atom stereocenters. The van der Waals surface area contributed by atoms with Crippen molar-refractivity contribution >= 4 is 27.5 Å². The van der Waals surface area contributed by atoms with Crippen molar-refractivity contribution in [1.29, 1.82) is 0 Å². The van der Waals surface area contributed by atoms with Crippen molar-refractivity contribution < 1.29 is 18.0 Å². The molecule has 3 aromatic carbocycles. The van der Waals surface area contributed by atoms with E-state index in [9.17, 15) is 18.0 Å². The van der Waals surface area contributed by atoms with Crippen molar-refractivity contribution in [1.82, 2.24) is 10.2 Å². The maximum atomic E-state index is 14.0. The summed E-state index contributed by atoms with van der Waals surface area (Å²) in [4.78, 5) is 28.7. The van der Waals surface area contributed by atoms with E-state index in [1.807, 2.05) is 65.0 Å². The summed E-state index contributed by atoms with van der Waals surface area (Å²) in [5, 5.41) is 2.95. The number of benzene rings is 3. The second kappa shape index (κ2) is 12.9. The first-order valence-electron chi connectivity index (χ1n) is 13.2. The van der Waals surface area contributed by atoms with E-state index in [1.54, 1.807) is 37.3 Å². The molecular formula is C31H39N3O4S. The number of amides is 2. The smallest absolute Gasteiger partial charge is 0.264 e. The maximum absolute atomic E-state index is 14.0. The molecule has 0 heterocycles. The first-order valence-corrected chi connectivity index (χ1v) is 14.7. The summed E-state index contributed by atoms with van der Waals surface area (Å²) in [6.07, 6.45) is 0.750. The molecule has 8 heteroatoms. The van der Waals surface area contributed by atoms with E-state index in [-0.39, 0.29) is 23.4 Å². The molecule has 39 heavy (non-hydrogen) atoms. The van der Waals surface area contributed by atoms with Gasteiger partial charge < -0.3 is 10.2 Å². The Balaban J connectivity index is 2.06. The van der Waals surface area contributed by atoms with Crippen LogP contribution >= 0.6 is 0 Å². The molecule has 0 aliphatic heterocycles. The second-order valence-corrected chi connectivity index (χ2v) is 11.9. The van der Waals surface area contributed by atoms with Gasteiger partial charge in [-0.2, -0.15) is 0 Å². The fourth-order valence-corrected chi connectivity index (χ4v) is 5.79. The van der Waals surface area contributed by atoms with Gasteiger partial charge in [-0.1, -0.05) is 67.1 Å². The van der Waals surface area contributed by atoms with E-state index in [1.165, 1.54) is 17.0 Å². The van der Waals surface area contributed by atoms with E-state index >= 15 is 0 Å². The Bertz CT molecular complexity index is 1410. The van der Waals surface area contributed by atoms with Crippen molar-refractivity contribution in [2.24, 2.45) is 0 Å². The largest absolute Gasteiger partial charge is 0.352 e. The lowest BCUT2D eigenvalue weighted by atomic mass is 10.1. The summed E-state index contributed by atoms with van der Waals surface area (Å²) in [7, 11) is -4.09. The van der Waals surface area contributed by atoms with Crippen LogP contribution in [0.1, 0.15) is 49.4 Å². The van der Waals surface area contributed by atoms with Gasteiger partial charge in [0.2, 0.25) is 11.8 Å². The molecule has 0 radical (unpaired) electrons. The van der Waals surface area contributed by atoms with Crippen molar-refractivity contribution in [3.05, 3.63) is 95.1 Å². The van der Waals surface area contributed by atoms with Crippen LogP contribution in [0.3, 0.4) is 0 Å². The van der Waals surface area contributed by atoms with Gasteiger partial charge in [-0.3, -0.25) is 13.9 Å². The molecule has 3 aromatic rings. The highest BCUT2D eigenvalue weighted by Crippen LogP contribution is 2.29. The number of hydrogen-bond acceptors (Lipinski definition) is 4. The first kappa shape index (κ1) is 29.9. The lowest BCUT2D eigenvalue weighted by Gasteiger charge is -2.33. The summed E-state index contributed by atoms with van der Waals surface area (Å²) in [5.74, 6) is -0.752. The molecule has 0 aliphatic rings. The van der Waals surface area contributed by atoms with Gasteiger partial charge in [0.1, 0.15) is 12.6 Å². The van der Waals surface area contributed by atoms with Gasteiger partial charge >= 0.3 is 0 Å². The van der Waals surface area contributed by atoms with Crippen LogP contribution in [-0.4, -0.2) is 43.8 Å². The molecule has 3 rings (SSSR count). The molecule has 208 valence electrons. The van der Waals surface area contributed by atoms with Crippen LogP contribution in [0.5, 0.6) is 0 Å². The zero-order valence-corrected chi connectivity index (χ0v) is 24.5. The molecule has 2 atom stereocenters. The lowest BCUT2D eigenvalue weighted by Crippen LogP contribution is -2.52. The lowest BCUT2D eigenvalue weighted by molar-refractivity contribution is -0.139. The van der Waals surface area contributed by atoms with Gasteiger partial charge in [-0.15, -0.1) is 0 Å². The van der Waals surface area contributed by atoms with Crippen LogP contribution in [0.2, 0.25) is 0 Å². The Morgan fingerprint density at radius 3 is 2.21 bits per heavy atom. The number of rotatable bonds is 11. The van der Waals surface area contributed by atoms with E-state index in [0.29, 0.717) is 5.69 Å². The van der Waals surface area contributed by atoms with Crippen molar-refractivity contribution in [3.8, 4) is 0 Å². The highest BCUT2D eigenvalue weighted by molar-refractivity contribution is 7.92. The molecule has 0 aliphatic carbocycles. The Morgan fingerprint density at radius 1 is 0.897 bits per heavy atom. The summed E-state index contributed by atoms with van der Waals surface area (Å²) in [6, 6.07) is 20.3. The predicted molar refractivity (Wildman–Crippen MR) is 156 cm³/mol. The predicted octanol–water partition coefficient (Wildman–Crippen LogP) is 5.14. The van der Waals surface area contributed by atoms with Gasteiger partial charge in [0.15, 0.2) is 0 Å². The summed E-state index contributed by atoms with van der Waals surface area (Å²) in [5.41, 5.74) is 3.99. The normalized spacial score (nSPS) is 12.9. The fraction of sp³-hybridized carbons (Fsp3) is 0.355. The van der Waals surface area contributed by atoms with Crippen molar-refractivity contribution in [2.75, 3.05) is 10.8 Å². The molecule has 2 amide bonds. The Labute approximate surface area is 232 Å². The average molecular weight is 550 g/mol. The minimum absolute atomic E-state index is 0.0548. The third kappa shape index (κ3) is 7.26. The second-order valence-electron chi connectivity index (χ2n) is 10.0. The topological polar surface area (TPSA) is 86.8 Å². The van der Waals surface area contributed by atoms with Crippen LogP contribution in [0.4, 0.5) is 5.69 Å². The van der Waals surface area contributed by atoms with E-state index in [4.69, 9.17) is 0 Å². The first-order chi connectivity index (χ1) is 18.4. The number of sulfonamides is 1. The minimum atomic E-state index is -4.09. The molecule has 0 saturated heterocycles. The number of anilines is 1. The highest BCUT2D eigenvalue weighted by Gasteiger charge is 2.33. The number of aryl methyl sites for hydroxylation is 2. The van der Waals surface area contributed by atoms with Crippen molar-refractivity contribution in [3.63, 3.8) is 0 Å². The van der Waals surface area contributed by atoms with Crippen LogP contribution < -0.4 is 9.62 Å². The number of carbonyl (C=O) groups is 2. The molecular weight excluding hydrogens is 510 g/mol. The van der Waals surface area contributed by atoms with Gasteiger partial charge in [0.25, 0.3) is 10.0 Å². The van der Waals surface area contributed by atoms with E-state index in [2.05, 4.69) is 5.32 Å². The molecule has 0 saturated carbocycles.